The normalized spacial score (nSPS) is 13.4. The highest BCUT2D eigenvalue weighted by molar-refractivity contribution is 5.94. The average molecular weight is 420 g/mol. The van der Waals surface area contributed by atoms with E-state index < -0.39 is 0 Å². The van der Waals surface area contributed by atoms with Crippen molar-refractivity contribution in [2.75, 3.05) is 39.3 Å². The number of ether oxygens (including phenoxy) is 1. The molecule has 3 amide bonds. The van der Waals surface area contributed by atoms with Gasteiger partial charge in [0, 0.05) is 38.3 Å². The molecule has 0 atom stereocenters. The Balaban J connectivity index is 1.39. The molecule has 1 aliphatic rings. The van der Waals surface area contributed by atoms with Crippen molar-refractivity contribution in [1.29, 1.82) is 0 Å². The minimum absolute atomic E-state index is 0.0254. The van der Waals surface area contributed by atoms with E-state index in [1.165, 1.54) is 5.56 Å². The zero-order chi connectivity index (χ0) is 22.1. The first-order valence-electron chi connectivity index (χ1n) is 10.7. The number of carbonyl (C=O) groups is 2. The Morgan fingerprint density at radius 1 is 0.968 bits per heavy atom. The first-order valence-corrected chi connectivity index (χ1v) is 10.7. The molecule has 162 valence electrons. The van der Waals surface area contributed by atoms with Gasteiger partial charge in [-0.1, -0.05) is 37.1 Å². The highest BCUT2D eigenvalue weighted by Crippen LogP contribution is 2.13. The summed E-state index contributed by atoms with van der Waals surface area (Å²) in [5.74, 6) is 3.19. The van der Waals surface area contributed by atoms with Gasteiger partial charge in [0.2, 0.25) is 0 Å². The Morgan fingerprint density at radius 3 is 2.19 bits per heavy atom. The van der Waals surface area contributed by atoms with E-state index in [1.807, 2.05) is 53.4 Å². The van der Waals surface area contributed by atoms with E-state index in [9.17, 15) is 9.59 Å². The SMILES string of the molecule is C#CCOc1ccc(CCNC(=O)N2CCN(C(=O)c3ccc(CC)cc3)CC2)cc1. The third kappa shape index (κ3) is 6.26. The molecule has 6 heteroatoms. The molecular formula is C25H29N3O3. The van der Waals surface area contributed by atoms with Gasteiger partial charge < -0.3 is 19.9 Å². The van der Waals surface area contributed by atoms with E-state index in [1.54, 1.807) is 4.90 Å². The first-order chi connectivity index (χ1) is 15.1. The van der Waals surface area contributed by atoms with Gasteiger partial charge in [0.05, 0.1) is 0 Å². The minimum Gasteiger partial charge on any atom is -0.481 e. The van der Waals surface area contributed by atoms with Crippen LogP contribution in [-0.2, 0) is 12.8 Å². The largest absolute Gasteiger partial charge is 0.481 e. The smallest absolute Gasteiger partial charge is 0.317 e. The van der Waals surface area contributed by atoms with Crippen LogP contribution in [0.1, 0.15) is 28.4 Å². The van der Waals surface area contributed by atoms with Crippen molar-refractivity contribution in [3.05, 3.63) is 65.2 Å². The zero-order valence-corrected chi connectivity index (χ0v) is 18.0. The number of nitrogens with zero attached hydrogens (tertiary/aromatic N) is 2. The lowest BCUT2D eigenvalue weighted by atomic mass is 10.1. The van der Waals surface area contributed by atoms with Crippen LogP contribution in [0, 0.1) is 12.3 Å². The summed E-state index contributed by atoms with van der Waals surface area (Å²) in [6.45, 7) is 5.04. The Hall–Kier alpha value is -3.46. The van der Waals surface area contributed by atoms with Crippen LogP contribution in [0.2, 0.25) is 0 Å². The van der Waals surface area contributed by atoms with E-state index in [0.717, 1.165) is 24.2 Å². The molecule has 0 aliphatic carbocycles. The average Bonchev–Trinajstić information content (AvgIpc) is 2.83. The van der Waals surface area contributed by atoms with E-state index >= 15 is 0 Å². The number of nitrogens with one attached hydrogen (secondary N) is 1. The molecule has 1 N–H and O–H groups in total. The number of amides is 3. The summed E-state index contributed by atoms with van der Waals surface area (Å²) in [6, 6.07) is 15.4. The number of aryl methyl sites for hydroxylation is 1. The topological polar surface area (TPSA) is 61.9 Å². The Kier molecular flexibility index (Phi) is 7.94. The van der Waals surface area contributed by atoms with Crippen molar-refractivity contribution in [2.24, 2.45) is 0 Å². The molecule has 0 saturated carbocycles. The highest BCUT2D eigenvalue weighted by atomic mass is 16.5. The van der Waals surface area contributed by atoms with E-state index in [2.05, 4.69) is 18.2 Å². The summed E-state index contributed by atoms with van der Waals surface area (Å²) in [4.78, 5) is 28.7. The maximum atomic E-state index is 12.7. The molecule has 1 aliphatic heterocycles. The fourth-order valence-electron chi connectivity index (χ4n) is 3.48. The molecule has 1 saturated heterocycles. The number of benzene rings is 2. The molecule has 2 aromatic carbocycles. The van der Waals surface area contributed by atoms with Gasteiger partial charge in [0.25, 0.3) is 5.91 Å². The summed E-state index contributed by atoms with van der Waals surface area (Å²) in [7, 11) is 0. The molecular weight excluding hydrogens is 390 g/mol. The summed E-state index contributed by atoms with van der Waals surface area (Å²) in [6.07, 6.45) is 6.86. The number of carbonyl (C=O) groups excluding carboxylic acids is 2. The van der Waals surface area contributed by atoms with Crippen molar-refractivity contribution >= 4 is 11.9 Å². The third-order valence-corrected chi connectivity index (χ3v) is 5.40. The fraction of sp³-hybridized carbons (Fsp3) is 0.360. The lowest BCUT2D eigenvalue weighted by Crippen LogP contribution is -2.53. The van der Waals surface area contributed by atoms with Gasteiger partial charge in [0.1, 0.15) is 12.4 Å². The Bertz CT molecular complexity index is 909. The standard InChI is InChI=1S/C25H29N3O3/c1-3-19-31-23-11-7-21(8-12-23)13-14-26-25(30)28-17-15-27(16-18-28)24(29)22-9-5-20(4-2)6-10-22/h1,5-12H,4,13-19H2,2H3,(H,26,30). The van der Waals surface area contributed by atoms with Crippen LogP contribution in [-0.4, -0.2) is 61.1 Å². The van der Waals surface area contributed by atoms with Gasteiger partial charge in [-0.15, -0.1) is 6.42 Å². The number of terminal acetylenes is 1. The lowest BCUT2D eigenvalue weighted by molar-refractivity contribution is 0.0665. The van der Waals surface area contributed by atoms with E-state index in [-0.39, 0.29) is 18.5 Å². The van der Waals surface area contributed by atoms with Gasteiger partial charge in [0.15, 0.2) is 0 Å². The fourth-order valence-corrected chi connectivity index (χ4v) is 3.48. The quantitative estimate of drug-likeness (QED) is 0.702. The molecule has 0 aromatic heterocycles. The molecule has 0 spiro atoms. The van der Waals surface area contributed by atoms with Crippen molar-refractivity contribution < 1.29 is 14.3 Å². The summed E-state index contributed by atoms with van der Waals surface area (Å²) in [5, 5.41) is 2.96. The second-order valence-electron chi connectivity index (χ2n) is 7.45. The van der Waals surface area contributed by atoms with Gasteiger partial charge in [-0.3, -0.25) is 4.79 Å². The van der Waals surface area contributed by atoms with E-state index in [0.29, 0.717) is 38.3 Å². The van der Waals surface area contributed by atoms with E-state index in [4.69, 9.17) is 11.2 Å². The first kappa shape index (κ1) is 22.2. The van der Waals surface area contributed by atoms with Crippen LogP contribution in [0.15, 0.2) is 48.5 Å². The molecule has 1 fully saturated rings. The summed E-state index contributed by atoms with van der Waals surface area (Å²) in [5.41, 5.74) is 3.02. The Morgan fingerprint density at radius 2 is 1.58 bits per heavy atom. The summed E-state index contributed by atoms with van der Waals surface area (Å²) >= 11 is 0. The van der Waals surface area contributed by atoms with Gasteiger partial charge in [-0.05, 0) is 48.2 Å². The highest BCUT2D eigenvalue weighted by Gasteiger charge is 2.24. The minimum atomic E-state index is -0.0895. The van der Waals surface area contributed by atoms with Crippen LogP contribution in [0.3, 0.4) is 0 Å². The van der Waals surface area contributed by atoms with Crippen molar-refractivity contribution in [3.8, 4) is 18.1 Å². The van der Waals surface area contributed by atoms with Crippen LogP contribution < -0.4 is 10.1 Å². The number of hydrogen-bond donors (Lipinski definition) is 1. The second kappa shape index (κ2) is 11.1. The van der Waals surface area contributed by atoms with Crippen molar-refractivity contribution in [1.82, 2.24) is 15.1 Å². The maximum Gasteiger partial charge on any atom is 0.317 e. The monoisotopic (exact) mass is 419 g/mol. The molecule has 3 rings (SSSR count). The predicted octanol–water partition coefficient (Wildman–Crippen LogP) is 2.97. The zero-order valence-electron chi connectivity index (χ0n) is 18.0. The van der Waals surface area contributed by atoms with Gasteiger partial charge in [-0.25, -0.2) is 4.79 Å². The van der Waals surface area contributed by atoms with Crippen molar-refractivity contribution in [2.45, 2.75) is 19.8 Å². The third-order valence-electron chi connectivity index (χ3n) is 5.40. The van der Waals surface area contributed by atoms with Crippen LogP contribution >= 0.6 is 0 Å². The molecule has 0 bridgehead atoms. The molecule has 6 nitrogen and oxygen atoms in total. The van der Waals surface area contributed by atoms with Crippen LogP contribution in [0.25, 0.3) is 0 Å². The molecule has 0 radical (unpaired) electrons. The lowest BCUT2D eigenvalue weighted by Gasteiger charge is -2.34. The van der Waals surface area contributed by atoms with Gasteiger partial charge >= 0.3 is 6.03 Å². The molecule has 0 unspecified atom stereocenters. The number of rotatable bonds is 7. The van der Waals surface area contributed by atoms with Gasteiger partial charge in [-0.2, -0.15) is 0 Å². The number of piperazine rings is 1. The van der Waals surface area contributed by atoms with Crippen LogP contribution in [0.4, 0.5) is 4.79 Å². The Labute approximate surface area is 184 Å². The molecule has 31 heavy (non-hydrogen) atoms. The maximum absolute atomic E-state index is 12.7. The van der Waals surface area contributed by atoms with Crippen LogP contribution in [0.5, 0.6) is 5.75 Å². The molecule has 2 aromatic rings. The molecule has 1 heterocycles. The second-order valence-corrected chi connectivity index (χ2v) is 7.45. The number of hydrogen-bond acceptors (Lipinski definition) is 3. The predicted molar refractivity (Wildman–Crippen MR) is 121 cm³/mol. The van der Waals surface area contributed by atoms with Crippen molar-refractivity contribution in [3.63, 3.8) is 0 Å². The summed E-state index contributed by atoms with van der Waals surface area (Å²) < 4.78 is 5.36. The number of urea groups is 1.